The average molecular weight is 406 g/mol. The minimum atomic E-state index is -0.204. The van der Waals surface area contributed by atoms with Crippen LogP contribution in [0.1, 0.15) is 50.9 Å². The molecule has 1 aromatic rings. The summed E-state index contributed by atoms with van der Waals surface area (Å²) in [6, 6.07) is 5.08. The number of piperidine rings is 1. The van der Waals surface area contributed by atoms with E-state index in [-0.39, 0.29) is 30.5 Å². The topological polar surface area (TPSA) is 79.9 Å². The minimum Gasteiger partial charge on any atom is -0.493 e. The lowest BCUT2D eigenvalue weighted by Gasteiger charge is -2.32. The zero-order chi connectivity index (χ0) is 21.4. The van der Waals surface area contributed by atoms with Gasteiger partial charge in [0.2, 0.25) is 0 Å². The Labute approximate surface area is 174 Å². The van der Waals surface area contributed by atoms with E-state index in [1.165, 1.54) is 20.0 Å². The number of carbonyl (C=O) groups is 2. The summed E-state index contributed by atoms with van der Waals surface area (Å²) in [6.07, 6.45) is 2.50. The Morgan fingerprint density at radius 1 is 1.21 bits per heavy atom. The van der Waals surface area contributed by atoms with Crippen molar-refractivity contribution in [3.05, 3.63) is 23.8 Å². The number of methoxy groups -OCH3 is 1. The Balaban J connectivity index is 1.92. The highest BCUT2D eigenvalue weighted by atomic mass is 16.5. The molecule has 7 nitrogen and oxygen atoms in total. The van der Waals surface area contributed by atoms with E-state index in [1.54, 1.807) is 18.2 Å². The monoisotopic (exact) mass is 405 g/mol. The Morgan fingerprint density at radius 3 is 2.62 bits per heavy atom. The molecule has 0 bridgehead atoms. The number of hydrogen-bond donors (Lipinski definition) is 2. The zero-order valence-corrected chi connectivity index (χ0v) is 18.3. The Hall–Kier alpha value is -2.28. The molecule has 0 radical (unpaired) electrons. The fourth-order valence-electron chi connectivity index (χ4n) is 3.63. The van der Waals surface area contributed by atoms with Crippen molar-refractivity contribution in [2.45, 2.75) is 52.6 Å². The predicted molar refractivity (Wildman–Crippen MR) is 114 cm³/mol. The summed E-state index contributed by atoms with van der Waals surface area (Å²) in [7, 11) is 1.51. The molecule has 2 atom stereocenters. The van der Waals surface area contributed by atoms with E-state index in [1.807, 2.05) is 20.8 Å². The lowest BCUT2D eigenvalue weighted by atomic mass is 10.00. The van der Waals surface area contributed by atoms with Crippen molar-refractivity contribution in [2.75, 3.05) is 33.4 Å². The molecule has 0 saturated carbocycles. The van der Waals surface area contributed by atoms with Crippen molar-refractivity contribution in [3.8, 4) is 11.5 Å². The molecule has 1 aliphatic heterocycles. The van der Waals surface area contributed by atoms with Gasteiger partial charge in [-0.2, -0.15) is 0 Å². The third-order valence-electron chi connectivity index (χ3n) is 4.88. The van der Waals surface area contributed by atoms with Crippen LogP contribution in [-0.4, -0.2) is 62.1 Å². The van der Waals surface area contributed by atoms with Crippen molar-refractivity contribution in [3.63, 3.8) is 0 Å². The van der Waals surface area contributed by atoms with Crippen LogP contribution in [0.4, 0.5) is 0 Å². The molecule has 2 amide bonds. The Kier molecular flexibility index (Phi) is 8.76. The van der Waals surface area contributed by atoms with Gasteiger partial charge in [-0.15, -0.1) is 0 Å². The van der Waals surface area contributed by atoms with E-state index in [4.69, 9.17) is 9.47 Å². The van der Waals surface area contributed by atoms with Crippen molar-refractivity contribution >= 4 is 11.8 Å². The molecule has 1 aliphatic rings. The number of rotatable bonds is 9. The average Bonchev–Trinajstić information content (AvgIpc) is 2.65. The molecular formula is C22H35N3O4. The summed E-state index contributed by atoms with van der Waals surface area (Å²) in [5, 5.41) is 5.82. The fraction of sp³-hybridized carbons (Fsp3) is 0.636. The van der Waals surface area contributed by atoms with Gasteiger partial charge in [-0.25, -0.2) is 0 Å². The summed E-state index contributed by atoms with van der Waals surface area (Å²) < 4.78 is 10.9. The highest BCUT2D eigenvalue weighted by Gasteiger charge is 2.20. The number of nitrogens with one attached hydrogen (secondary N) is 2. The quantitative estimate of drug-likeness (QED) is 0.660. The summed E-state index contributed by atoms with van der Waals surface area (Å²) in [4.78, 5) is 26.8. The van der Waals surface area contributed by atoms with Crippen LogP contribution >= 0.6 is 0 Å². The van der Waals surface area contributed by atoms with E-state index in [0.717, 1.165) is 19.6 Å². The second-order valence-electron chi connectivity index (χ2n) is 8.26. The van der Waals surface area contributed by atoms with Crippen LogP contribution in [0.5, 0.6) is 11.5 Å². The van der Waals surface area contributed by atoms with E-state index in [0.29, 0.717) is 23.0 Å². The molecule has 2 N–H and O–H groups in total. The SMILES string of the molecule is COc1cc(C(=O)NC(C)CN2CCCC(C)C2)ccc1OCC(=O)NC(C)C. The number of benzene rings is 1. The van der Waals surface area contributed by atoms with Crippen LogP contribution < -0.4 is 20.1 Å². The van der Waals surface area contributed by atoms with Gasteiger partial charge >= 0.3 is 0 Å². The van der Waals surface area contributed by atoms with Crippen molar-refractivity contribution in [2.24, 2.45) is 5.92 Å². The van der Waals surface area contributed by atoms with Crippen LogP contribution in [0.15, 0.2) is 18.2 Å². The first-order chi connectivity index (χ1) is 13.8. The van der Waals surface area contributed by atoms with Crippen molar-refractivity contribution < 1.29 is 19.1 Å². The maximum atomic E-state index is 12.6. The number of amides is 2. The molecule has 2 unspecified atom stereocenters. The van der Waals surface area contributed by atoms with Gasteiger partial charge < -0.3 is 25.0 Å². The highest BCUT2D eigenvalue weighted by Crippen LogP contribution is 2.28. The maximum Gasteiger partial charge on any atom is 0.258 e. The first-order valence-corrected chi connectivity index (χ1v) is 10.4. The second kappa shape index (κ2) is 11.0. The third-order valence-corrected chi connectivity index (χ3v) is 4.88. The summed E-state index contributed by atoms with van der Waals surface area (Å²) in [6.45, 7) is 11.0. The van der Waals surface area contributed by atoms with E-state index in [9.17, 15) is 9.59 Å². The van der Waals surface area contributed by atoms with Crippen LogP contribution in [0.25, 0.3) is 0 Å². The first-order valence-electron chi connectivity index (χ1n) is 10.4. The normalized spacial score (nSPS) is 18.2. The number of hydrogen-bond acceptors (Lipinski definition) is 5. The van der Waals surface area contributed by atoms with Gasteiger partial charge in [0.1, 0.15) is 0 Å². The fourth-order valence-corrected chi connectivity index (χ4v) is 3.63. The lowest BCUT2D eigenvalue weighted by Crippen LogP contribution is -2.45. The van der Waals surface area contributed by atoms with Crippen LogP contribution in [0.2, 0.25) is 0 Å². The maximum absolute atomic E-state index is 12.6. The van der Waals surface area contributed by atoms with E-state index >= 15 is 0 Å². The van der Waals surface area contributed by atoms with Gasteiger partial charge in [0.15, 0.2) is 18.1 Å². The molecule has 1 fully saturated rings. The number of ether oxygens (including phenoxy) is 2. The Bertz CT molecular complexity index is 693. The van der Waals surface area contributed by atoms with Crippen molar-refractivity contribution in [1.29, 1.82) is 0 Å². The molecule has 29 heavy (non-hydrogen) atoms. The minimum absolute atomic E-state index is 0.0502. The van der Waals surface area contributed by atoms with Gasteiger partial charge in [-0.1, -0.05) is 6.92 Å². The molecule has 0 spiro atoms. The van der Waals surface area contributed by atoms with Crippen LogP contribution in [0, 0.1) is 5.92 Å². The van der Waals surface area contributed by atoms with Gasteiger partial charge in [0, 0.05) is 30.7 Å². The van der Waals surface area contributed by atoms with Crippen LogP contribution in [0.3, 0.4) is 0 Å². The van der Waals surface area contributed by atoms with Gasteiger partial charge in [0.25, 0.3) is 11.8 Å². The van der Waals surface area contributed by atoms with Gasteiger partial charge in [-0.05, 0) is 64.3 Å². The molecule has 1 saturated heterocycles. The first kappa shape index (κ1) is 23.0. The lowest BCUT2D eigenvalue weighted by molar-refractivity contribution is -0.123. The molecule has 2 rings (SSSR count). The smallest absolute Gasteiger partial charge is 0.258 e. The van der Waals surface area contributed by atoms with Gasteiger partial charge in [0.05, 0.1) is 7.11 Å². The molecular weight excluding hydrogens is 370 g/mol. The molecule has 7 heteroatoms. The zero-order valence-electron chi connectivity index (χ0n) is 18.3. The number of likely N-dealkylation sites (tertiary alicyclic amines) is 1. The van der Waals surface area contributed by atoms with Crippen LogP contribution in [-0.2, 0) is 4.79 Å². The second-order valence-corrected chi connectivity index (χ2v) is 8.26. The largest absolute Gasteiger partial charge is 0.493 e. The van der Waals surface area contributed by atoms with Gasteiger partial charge in [-0.3, -0.25) is 9.59 Å². The third kappa shape index (κ3) is 7.57. The number of nitrogens with zero attached hydrogens (tertiary/aromatic N) is 1. The molecule has 0 aromatic heterocycles. The van der Waals surface area contributed by atoms with E-state index in [2.05, 4.69) is 22.5 Å². The number of carbonyl (C=O) groups excluding carboxylic acids is 2. The molecule has 1 aromatic carbocycles. The highest BCUT2D eigenvalue weighted by molar-refractivity contribution is 5.95. The Morgan fingerprint density at radius 2 is 1.97 bits per heavy atom. The summed E-state index contributed by atoms with van der Waals surface area (Å²) in [5.74, 6) is 1.21. The summed E-state index contributed by atoms with van der Waals surface area (Å²) in [5.41, 5.74) is 0.500. The molecule has 1 heterocycles. The standard InChI is InChI=1S/C22H35N3O4/c1-15(2)23-21(26)14-29-19-9-8-18(11-20(19)28-5)22(27)24-17(4)13-25-10-6-7-16(3)12-25/h8-9,11,15-17H,6-7,10,12-14H2,1-5H3,(H,23,26)(H,24,27). The molecule has 0 aliphatic carbocycles. The molecule has 162 valence electrons. The van der Waals surface area contributed by atoms with Crippen molar-refractivity contribution in [1.82, 2.24) is 15.5 Å². The summed E-state index contributed by atoms with van der Waals surface area (Å²) >= 11 is 0. The van der Waals surface area contributed by atoms with E-state index < -0.39 is 0 Å². The predicted octanol–water partition coefficient (Wildman–Crippen LogP) is 2.45.